The highest BCUT2D eigenvalue weighted by molar-refractivity contribution is 6.17. The summed E-state index contributed by atoms with van der Waals surface area (Å²) in [6, 6.07) is 8.35. The molecule has 0 aliphatic carbocycles. The SMILES string of the molecule is Cc1ccccc1Cc1ncc(CCl)c(C(C)C)n1. The number of benzene rings is 1. The highest BCUT2D eigenvalue weighted by atomic mass is 35.5. The Morgan fingerprint density at radius 3 is 2.53 bits per heavy atom. The van der Waals surface area contributed by atoms with E-state index in [4.69, 9.17) is 11.6 Å². The van der Waals surface area contributed by atoms with Gasteiger partial charge in [0, 0.05) is 18.2 Å². The largest absolute Gasteiger partial charge is 0.241 e. The third kappa shape index (κ3) is 3.32. The van der Waals surface area contributed by atoms with E-state index in [0.717, 1.165) is 23.5 Å². The summed E-state index contributed by atoms with van der Waals surface area (Å²) in [5, 5.41) is 0. The molecule has 19 heavy (non-hydrogen) atoms. The smallest absolute Gasteiger partial charge is 0.132 e. The molecule has 100 valence electrons. The molecule has 0 saturated heterocycles. The lowest BCUT2D eigenvalue weighted by molar-refractivity contribution is 0.776. The van der Waals surface area contributed by atoms with E-state index >= 15 is 0 Å². The predicted octanol–water partition coefficient (Wildman–Crippen LogP) is 4.24. The fourth-order valence-electron chi connectivity index (χ4n) is 2.13. The zero-order valence-corrected chi connectivity index (χ0v) is 12.4. The van der Waals surface area contributed by atoms with Gasteiger partial charge in [0.05, 0.1) is 11.6 Å². The summed E-state index contributed by atoms with van der Waals surface area (Å²) < 4.78 is 0. The summed E-state index contributed by atoms with van der Waals surface area (Å²) in [5.74, 6) is 1.71. The molecule has 0 aliphatic rings. The average Bonchev–Trinajstić information content (AvgIpc) is 2.41. The van der Waals surface area contributed by atoms with Gasteiger partial charge in [-0.1, -0.05) is 38.1 Å². The Hall–Kier alpha value is -1.41. The summed E-state index contributed by atoms with van der Waals surface area (Å²) in [6.07, 6.45) is 2.64. The molecule has 0 N–H and O–H groups in total. The normalized spacial score (nSPS) is 11.0. The lowest BCUT2D eigenvalue weighted by atomic mass is 10.0. The van der Waals surface area contributed by atoms with Crippen molar-refractivity contribution in [1.82, 2.24) is 9.97 Å². The van der Waals surface area contributed by atoms with Crippen molar-refractivity contribution < 1.29 is 0 Å². The van der Waals surface area contributed by atoms with Gasteiger partial charge < -0.3 is 0 Å². The van der Waals surface area contributed by atoms with Gasteiger partial charge in [-0.2, -0.15) is 0 Å². The first-order chi connectivity index (χ1) is 9.11. The third-order valence-electron chi connectivity index (χ3n) is 3.25. The van der Waals surface area contributed by atoms with Crippen LogP contribution in [0.4, 0.5) is 0 Å². The number of alkyl halides is 1. The molecular formula is C16H19ClN2. The molecule has 0 atom stereocenters. The Labute approximate surface area is 119 Å². The number of nitrogens with zero attached hydrogens (tertiary/aromatic N) is 2. The maximum Gasteiger partial charge on any atom is 0.132 e. The van der Waals surface area contributed by atoms with Crippen LogP contribution in [0.15, 0.2) is 30.5 Å². The van der Waals surface area contributed by atoms with Crippen LogP contribution in [0, 0.1) is 6.92 Å². The zero-order valence-electron chi connectivity index (χ0n) is 11.7. The van der Waals surface area contributed by atoms with E-state index < -0.39 is 0 Å². The van der Waals surface area contributed by atoms with Crippen molar-refractivity contribution in [2.45, 2.75) is 39.0 Å². The van der Waals surface area contributed by atoms with Gasteiger partial charge in [0.25, 0.3) is 0 Å². The number of rotatable bonds is 4. The van der Waals surface area contributed by atoms with Crippen LogP contribution in [0.25, 0.3) is 0 Å². The second kappa shape index (κ2) is 6.16. The Morgan fingerprint density at radius 1 is 1.16 bits per heavy atom. The quantitative estimate of drug-likeness (QED) is 0.780. The van der Waals surface area contributed by atoms with Crippen molar-refractivity contribution >= 4 is 11.6 Å². The van der Waals surface area contributed by atoms with Crippen LogP contribution in [0.1, 0.15) is 48.0 Å². The Kier molecular flexibility index (Phi) is 4.54. The van der Waals surface area contributed by atoms with Crippen LogP contribution < -0.4 is 0 Å². The first-order valence-electron chi connectivity index (χ1n) is 6.57. The molecule has 0 bridgehead atoms. The molecular weight excluding hydrogens is 256 g/mol. The molecule has 1 heterocycles. The Balaban J connectivity index is 2.31. The summed E-state index contributed by atoms with van der Waals surface area (Å²) in [7, 11) is 0. The monoisotopic (exact) mass is 274 g/mol. The maximum absolute atomic E-state index is 5.93. The molecule has 0 saturated carbocycles. The van der Waals surface area contributed by atoms with Gasteiger partial charge >= 0.3 is 0 Å². The second-order valence-electron chi connectivity index (χ2n) is 5.09. The molecule has 2 rings (SSSR count). The van der Waals surface area contributed by atoms with Crippen molar-refractivity contribution in [3.05, 3.63) is 58.7 Å². The van der Waals surface area contributed by atoms with E-state index in [0.29, 0.717) is 11.8 Å². The van der Waals surface area contributed by atoms with E-state index in [-0.39, 0.29) is 0 Å². The van der Waals surface area contributed by atoms with Gasteiger partial charge in [-0.3, -0.25) is 0 Å². The van der Waals surface area contributed by atoms with Crippen LogP contribution in [-0.2, 0) is 12.3 Å². The fourth-order valence-corrected chi connectivity index (χ4v) is 2.33. The van der Waals surface area contributed by atoms with Crippen molar-refractivity contribution in [3.8, 4) is 0 Å². The van der Waals surface area contributed by atoms with Gasteiger partial charge in [-0.15, -0.1) is 11.6 Å². The number of aryl methyl sites for hydroxylation is 1. The molecule has 2 aromatic rings. The van der Waals surface area contributed by atoms with Gasteiger partial charge in [0.1, 0.15) is 5.82 Å². The zero-order chi connectivity index (χ0) is 13.8. The number of hydrogen-bond donors (Lipinski definition) is 0. The molecule has 1 aromatic carbocycles. The van der Waals surface area contributed by atoms with Gasteiger partial charge in [0.2, 0.25) is 0 Å². The lowest BCUT2D eigenvalue weighted by Crippen LogP contribution is -2.06. The molecule has 1 aromatic heterocycles. The number of aromatic nitrogens is 2. The predicted molar refractivity (Wildman–Crippen MR) is 79.7 cm³/mol. The standard InChI is InChI=1S/C16H19ClN2/c1-11(2)16-14(9-17)10-18-15(19-16)8-13-7-5-4-6-12(13)3/h4-7,10-11H,8-9H2,1-3H3. The highest BCUT2D eigenvalue weighted by Gasteiger charge is 2.11. The van der Waals surface area contributed by atoms with E-state index in [1.807, 2.05) is 6.20 Å². The third-order valence-corrected chi connectivity index (χ3v) is 3.54. The fraction of sp³-hybridized carbons (Fsp3) is 0.375. The van der Waals surface area contributed by atoms with Crippen molar-refractivity contribution in [3.63, 3.8) is 0 Å². The minimum Gasteiger partial charge on any atom is -0.241 e. The maximum atomic E-state index is 5.93. The molecule has 0 unspecified atom stereocenters. The van der Waals surface area contributed by atoms with E-state index in [2.05, 4.69) is 55.0 Å². The molecule has 0 radical (unpaired) electrons. The highest BCUT2D eigenvalue weighted by Crippen LogP contribution is 2.19. The first kappa shape index (κ1) is 14.0. The minimum absolute atomic E-state index is 0.368. The molecule has 0 aliphatic heterocycles. The van der Waals surface area contributed by atoms with E-state index in [9.17, 15) is 0 Å². The Bertz CT molecular complexity index is 564. The van der Waals surface area contributed by atoms with Crippen molar-refractivity contribution in [2.75, 3.05) is 0 Å². The van der Waals surface area contributed by atoms with Crippen molar-refractivity contribution in [1.29, 1.82) is 0 Å². The molecule has 0 spiro atoms. The molecule has 0 amide bonds. The van der Waals surface area contributed by atoms with Gasteiger partial charge in [-0.05, 0) is 24.0 Å². The van der Waals surface area contributed by atoms with Gasteiger partial charge in [-0.25, -0.2) is 9.97 Å². The summed E-state index contributed by atoms with van der Waals surface area (Å²) in [5.41, 5.74) is 4.65. The second-order valence-corrected chi connectivity index (χ2v) is 5.36. The molecule has 3 heteroatoms. The number of halogens is 1. The molecule has 0 fully saturated rings. The van der Waals surface area contributed by atoms with Crippen LogP contribution in [-0.4, -0.2) is 9.97 Å². The summed E-state index contributed by atoms with van der Waals surface area (Å²) in [4.78, 5) is 9.12. The van der Waals surface area contributed by atoms with Crippen LogP contribution in [0.5, 0.6) is 0 Å². The Morgan fingerprint density at radius 2 is 1.89 bits per heavy atom. The van der Waals surface area contributed by atoms with E-state index in [1.54, 1.807) is 0 Å². The van der Waals surface area contributed by atoms with Crippen LogP contribution in [0.3, 0.4) is 0 Å². The van der Waals surface area contributed by atoms with Crippen molar-refractivity contribution in [2.24, 2.45) is 0 Å². The van der Waals surface area contributed by atoms with Gasteiger partial charge in [0.15, 0.2) is 0 Å². The average molecular weight is 275 g/mol. The number of hydrogen-bond acceptors (Lipinski definition) is 2. The van der Waals surface area contributed by atoms with E-state index in [1.165, 1.54) is 11.1 Å². The van der Waals surface area contributed by atoms with Crippen LogP contribution in [0.2, 0.25) is 0 Å². The minimum atomic E-state index is 0.368. The first-order valence-corrected chi connectivity index (χ1v) is 7.10. The lowest BCUT2D eigenvalue weighted by Gasteiger charge is -2.11. The topological polar surface area (TPSA) is 25.8 Å². The summed E-state index contributed by atoms with van der Waals surface area (Å²) >= 11 is 5.93. The van der Waals surface area contributed by atoms with Crippen LogP contribution >= 0.6 is 11.6 Å². The summed E-state index contributed by atoms with van der Waals surface area (Å²) in [6.45, 7) is 6.39. The molecule has 2 nitrogen and oxygen atoms in total.